The zero-order valence-corrected chi connectivity index (χ0v) is 22.6. The van der Waals surface area contributed by atoms with Crippen LogP contribution in [0.25, 0.3) is 0 Å². The van der Waals surface area contributed by atoms with Gasteiger partial charge < -0.3 is 9.29 Å². The van der Waals surface area contributed by atoms with Gasteiger partial charge in [-0.1, -0.05) is 61.5 Å². The van der Waals surface area contributed by atoms with Crippen molar-refractivity contribution in [1.82, 2.24) is 13.8 Å². The van der Waals surface area contributed by atoms with Gasteiger partial charge in [0.15, 0.2) is 0 Å². The molecule has 1 aliphatic carbocycles. The van der Waals surface area contributed by atoms with Crippen molar-refractivity contribution in [3.8, 4) is 5.75 Å². The Hall–Kier alpha value is -3.34. The first-order valence-corrected chi connectivity index (χ1v) is 14.1. The van der Waals surface area contributed by atoms with Crippen molar-refractivity contribution in [3.05, 3.63) is 112 Å². The summed E-state index contributed by atoms with van der Waals surface area (Å²) in [5.74, 6) is -0.111. The zero-order valence-electron chi connectivity index (χ0n) is 20.9. The summed E-state index contributed by atoms with van der Waals surface area (Å²) >= 11 is 5.50. The molecule has 1 fully saturated rings. The van der Waals surface area contributed by atoms with Crippen LogP contribution in [0.3, 0.4) is 0 Å². The molecule has 4 unspecified atom stereocenters. The molecule has 1 N–H and O–H groups in total. The van der Waals surface area contributed by atoms with E-state index in [0.29, 0.717) is 17.0 Å². The lowest BCUT2D eigenvalue weighted by Crippen LogP contribution is -2.40. The van der Waals surface area contributed by atoms with Gasteiger partial charge in [0, 0.05) is 5.92 Å². The maximum Gasteiger partial charge on any atom is 0.417 e. The average molecular weight is 554 g/mol. The third-order valence-electron chi connectivity index (χ3n) is 7.21. The van der Waals surface area contributed by atoms with Gasteiger partial charge in [0.05, 0.1) is 6.54 Å². The van der Waals surface area contributed by atoms with Gasteiger partial charge >= 0.3 is 10.3 Å². The number of halogens is 1. The topological polar surface area (TPSA) is 86.4 Å². The summed E-state index contributed by atoms with van der Waals surface area (Å²) in [5.41, 5.74) is 0.467. The largest absolute Gasteiger partial charge is 0.417 e. The molecule has 1 aliphatic rings. The molecule has 4 aromatic rings. The van der Waals surface area contributed by atoms with Crippen LogP contribution in [0.1, 0.15) is 36.0 Å². The maximum atomic E-state index is 14.1. The van der Waals surface area contributed by atoms with Crippen LogP contribution in [-0.2, 0) is 22.4 Å². The molecule has 0 bridgehead atoms. The van der Waals surface area contributed by atoms with E-state index in [2.05, 4.69) is 12.0 Å². The Balaban J connectivity index is 1.60. The summed E-state index contributed by atoms with van der Waals surface area (Å²) in [6.07, 6.45) is 1.98. The third kappa shape index (κ3) is 5.03. The van der Waals surface area contributed by atoms with Crippen LogP contribution in [0.5, 0.6) is 5.75 Å². The number of rotatable bonds is 9. The van der Waals surface area contributed by atoms with E-state index >= 15 is 0 Å². The molecular weight excluding hydrogens is 525 g/mol. The van der Waals surface area contributed by atoms with Crippen molar-refractivity contribution < 1.29 is 22.1 Å². The van der Waals surface area contributed by atoms with E-state index in [4.69, 9.17) is 16.4 Å². The monoisotopic (exact) mass is 553 g/mol. The van der Waals surface area contributed by atoms with Gasteiger partial charge in [-0.05, 0) is 78.4 Å². The van der Waals surface area contributed by atoms with Crippen molar-refractivity contribution in [3.63, 3.8) is 0 Å². The second-order valence-corrected chi connectivity index (χ2v) is 11.7. The van der Waals surface area contributed by atoms with Gasteiger partial charge in [-0.25, -0.2) is 9.07 Å². The minimum absolute atomic E-state index is 0.132. The van der Waals surface area contributed by atoms with Crippen molar-refractivity contribution in [2.45, 2.75) is 38.3 Å². The first-order valence-electron chi connectivity index (χ1n) is 12.3. The highest BCUT2D eigenvalue weighted by atomic mass is 32.2. The fraction of sp³-hybridized carbons (Fsp3) is 0.286. The van der Waals surface area contributed by atoms with Gasteiger partial charge in [-0.2, -0.15) is 17.5 Å². The fourth-order valence-corrected chi connectivity index (χ4v) is 6.58. The Morgan fingerprint density at radius 1 is 1.13 bits per heavy atom. The molecule has 0 radical (unpaired) electrons. The molecule has 0 saturated heterocycles. The van der Waals surface area contributed by atoms with Gasteiger partial charge in [0.1, 0.15) is 23.5 Å². The highest BCUT2D eigenvalue weighted by molar-refractivity contribution is 7.85. The molecule has 1 saturated carbocycles. The zero-order chi connectivity index (χ0) is 27.1. The van der Waals surface area contributed by atoms with E-state index in [1.54, 1.807) is 31.2 Å². The van der Waals surface area contributed by atoms with Gasteiger partial charge in [0.2, 0.25) is 4.77 Å². The maximum absolute atomic E-state index is 14.1. The number of hydrogen-bond acceptors (Lipinski definition) is 6. The molecule has 3 aromatic carbocycles. The SMILES string of the molecule is Cc1cc(F)ccc1C(O)(Cn1ncn(S(=O)(=O)Oc2ccccc2)c1=S)C(c1ccccc1)C1CC1C. The molecule has 5 rings (SSSR count). The molecule has 198 valence electrons. The lowest BCUT2D eigenvalue weighted by Gasteiger charge is -2.38. The molecular formula is C28H28FN3O4S2. The minimum atomic E-state index is -4.34. The number of aryl methyl sites for hydroxylation is 1. The molecule has 0 amide bonds. The molecule has 1 aromatic heterocycles. The van der Waals surface area contributed by atoms with Crippen LogP contribution in [0.15, 0.2) is 85.2 Å². The summed E-state index contributed by atoms with van der Waals surface area (Å²) in [5, 5.41) is 16.8. The van der Waals surface area contributed by atoms with E-state index in [1.165, 1.54) is 28.9 Å². The third-order valence-corrected chi connectivity index (χ3v) is 8.88. The van der Waals surface area contributed by atoms with Crippen LogP contribution in [-0.4, -0.2) is 27.3 Å². The first-order chi connectivity index (χ1) is 18.1. The Bertz CT molecular complexity index is 1610. The normalized spacial score (nSPS) is 19.5. The summed E-state index contributed by atoms with van der Waals surface area (Å²) in [6.45, 7) is 3.74. The molecule has 0 spiro atoms. The smallest absolute Gasteiger partial charge is 0.383 e. The van der Waals surface area contributed by atoms with Crippen LogP contribution in [0.4, 0.5) is 4.39 Å². The van der Waals surface area contributed by atoms with Gasteiger partial charge in [0.25, 0.3) is 0 Å². The number of aliphatic hydroxyl groups is 1. The Labute approximate surface area is 226 Å². The Kier molecular flexibility index (Phi) is 6.97. The van der Waals surface area contributed by atoms with Crippen molar-refractivity contribution in [1.29, 1.82) is 0 Å². The van der Waals surface area contributed by atoms with Crippen molar-refractivity contribution >= 4 is 22.5 Å². The Morgan fingerprint density at radius 3 is 2.37 bits per heavy atom. The number of para-hydroxylation sites is 1. The minimum Gasteiger partial charge on any atom is -0.383 e. The first kappa shape index (κ1) is 26.3. The van der Waals surface area contributed by atoms with Crippen LogP contribution < -0.4 is 4.18 Å². The predicted molar refractivity (Wildman–Crippen MR) is 144 cm³/mol. The summed E-state index contributed by atoms with van der Waals surface area (Å²) < 4.78 is 47.2. The molecule has 10 heteroatoms. The molecule has 38 heavy (non-hydrogen) atoms. The van der Waals surface area contributed by atoms with E-state index in [9.17, 15) is 17.9 Å². The van der Waals surface area contributed by atoms with Crippen molar-refractivity contribution in [2.75, 3.05) is 0 Å². The van der Waals surface area contributed by atoms with Crippen LogP contribution in [0, 0.1) is 29.3 Å². The number of hydrogen-bond donors (Lipinski definition) is 1. The number of benzene rings is 3. The lowest BCUT2D eigenvalue weighted by atomic mass is 9.72. The van der Waals surface area contributed by atoms with E-state index in [0.717, 1.165) is 22.3 Å². The number of nitrogens with zero attached hydrogens (tertiary/aromatic N) is 3. The quantitative estimate of drug-likeness (QED) is 0.281. The van der Waals surface area contributed by atoms with Gasteiger partial charge in [-0.15, -0.1) is 0 Å². The summed E-state index contributed by atoms with van der Waals surface area (Å²) in [7, 11) is -4.34. The van der Waals surface area contributed by atoms with Crippen LogP contribution >= 0.6 is 12.2 Å². The van der Waals surface area contributed by atoms with Gasteiger partial charge in [-0.3, -0.25) is 0 Å². The highest BCUT2D eigenvalue weighted by Gasteiger charge is 2.52. The molecule has 0 aliphatic heterocycles. The summed E-state index contributed by atoms with van der Waals surface area (Å²) in [6, 6.07) is 22.1. The highest BCUT2D eigenvalue weighted by Crippen LogP contribution is 2.56. The Morgan fingerprint density at radius 2 is 1.76 bits per heavy atom. The van der Waals surface area contributed by atoms with Crippen molar-refractivity contribution in [2.24, 2.45) is 11.8 Å². The second kappa shape index (κ2) is 10.1. The van der Waals surface area contributed by atoms with Crippen LogP contribution in [0.2, 0.25) is 0 Å². The molecule has 7 nitrogen and oxygen atoms in total. The average Bonchev–Trinajstić information content (AvgIpc) is 3.46. The number of aromatic nitrogens is 3. The standard InChI is InChI=1S/C28H28FN3O4S2/c1-19-16-24(19)26(21-9-5-3-6-10-21)28(33,25-14-13-22(29)15-20(25)2)17-31-27(37)32(18-30-31)38(34,35)36-23-11-7-4-8-12-23/h3-15,18-19,24,26,33H,16-17H2,1-2H3. The molecule has 4 atom stereocenters. The van der Waals surface area contributed by atoms with E-state index in [1.807, 2.05) is 30.3 Å². The fourth-order valence-electron chi connectivity index (χ4n) is 5.27. The summed E-state index contributed by atoms with van der Waals surface area (Å²) in [4.78, 5) is 0. The molecule has 1 heterocycles. The predicted octanol–water partition coefficient (Wildman–Crippen LogP) is 5.36. The second-order valence-electron chi connectivity index (χ2n) is 9.87. The van der Waals surface area contributed by atoms with E-state index < -0.39 is 21.7 Å². The van der Waals surface area contributed by atoms with E-state index in [-0.39, 0.29) is 28.9 Å². The lowest BCUT2D eigenvalue weighted by molar-refractivity contribution is -0.0225.